The third-order valence-corrected chi connectivity index (χ3v) is 8.97. The van der Waals surface area contributed by atoms with E-state index in [2.05, 4.69) is 19.6 Å². The molecule has 0 heterocycles. The minimum atomic E-state index is 0.324. The van der Waals surface area contributed by atoms with Crippen LogP contribution in [0.3, 0.4) is 0 Å². The minimum Gasteiger partial charge on any atom is -0.507 e. The molecule has 2 aromatic carbocycles. The predicted octanol–water partition coefficient (Wildman–Crippen LogP) is 7.00. The van der Waals surface area contributed by atoms with Gasteiger partial charge >= 0.3 is 0 Å². The molecule has 0 saturated heterocycles. The maximum Gasteiger partial charge on any atom is 0.203 e. The van der Waals surface area contributed by atoms with Crippen LogP contribution < -0.4 is 14.2 Å². The number of ether oxygens (including phenoxy) is 3. The Labute approximate surface area is 203 Å². The molecule has 0 aromatic heterocycles. The zero-order chi connectivity index (χ0) is 24.0. The fraction of sp³-hybridized carbons (Fsp3) is 0.467. The molecule has 0 unspecified atom stereocenters. The van der Waals surface area contributed by atoms with Crippen molar-refractivity contribution in [2.75, 3.05) is 21.3 Å². The molecule has 34 heavy (non-hydrogen) atoms. The number of hydrogen-bond acceptors (Lipinski definition) is 4. The highest BCUT2D eigenvalue weighted by Gasteiger charge is 2.51. The largest absolute Gasteiger partial charge is 0.507 e. The SMILES string of the molecule is C=C1CC[C@H]2[C@@H]3CCc4cc(O)c(/C=C/c5cc(OC)c(OC)c(OC)c5)cc4[C@H]3CC[C@]12C. The van der Waals surface area contributed by atoms with E-state index in [1.807, 2.05) is 30.4 Å². The molecule has 2 fully saturated rings. The topological polar surface area (TPSA) is 47.9 Å². The number of aryl methyl sites for hydroxylation is 1. The minimum absolute atomic E-state index is 0.324. The summed E-state index contributed by atoms with van der Waals surface area (Å²) in [6, 6.07) is 8.07. The summed E-state index contributed by atoms with van der Waals surface area (Å²) in [5.41, 5.74) is 6.34. The zero-order valence-corrected chi connectivity index (χ0v) is 20.8. The van der Waals surface area contributed by atoms with Gasteiger partial charge < -0.3 is 19.3 Å². The molecule has 4 heteroatoms. The van der Waals surface area contributed by atoms with Crippen molar-refractivity contribution >= 4 is 12.2 Å². The van der Waals surface area contributed by atoms with Gasteiger partial charge in [-0.3, -0.25) is 0 Å². The molecule has 5 rings (SSSR count). The molecule has 3 aliphatic carbocycles. The molecule has 0 bridgehead atoms. The lowest BCUT2D eigenvalue weighted by atomic mass is 9.55. The second-order valence-electron chi connectivity index (χ2n) is 10.4. The van der Waals surface area contributed by atoms with Crippen LogP contribution in [0.4, 0.5) is 0 Å². The Morgan fingerprint density at radius 1 is 0.941 bits per heavy atom. The summed E-state index contributed by atoms with van der Waals surface area (Å²) in [6.07, 6.45) is 11.2. The van der Waals surface area contributed by atoms with Crippen LogP contribution in [0.2, 0.25) is 0 Å². The Hall–Kier alpha value is -2.88. The van der Waals surface area contributed by atoms with Crippen molar-refractivity contribution in [3.05, 3.63) is 58.7 Å². The molecule has 1 N–H and O–H groups in total. The summed E-state index contributed by atoms with van der Waals surface area (Å²) < 4.78 is 16.4. The van der Waals surface area contributed by atoms with Gasteiger partial charge in [0, 0.05) is 5.56 Å². The monoisotopic (exact) mass is 460 g/mol. The van der Waals surface area contributed by atoms with Gasteiger partial charge in [0.2, 0.25) is 5.75 Å². The molecule has 0 amide bonds. The number of fused-ring (bicyclic) bond motifs is 5. The van der Waals surface area contributed by atoms with Crippen LogP contribution >= 0.6 is 0 Å². The summed E-state index contributed by atoms with van der Waals surface area (Å²) in [5.74, 6) is 4.20. The van der Waals surface area contributed by atoms with Crippen molar-refractivity contribution < 1.29 is 19.3 Å². The molecule has 2 saturated carbocycles. The van der Waals surface area contributed by atoms with Crippen molar-refractivity contribution in [1.29, 1.82) is 0 Å². The summed E-state index contributed by atoms with van der Waals surface area (Å²) in [5, 5.41) is 10.8. The number of allylic oxidation sites excluding steroid dienone is 1. The average molecular weight is 461 g/mol. The van der Waals surface area contributed by atoms with Gasteiger partial charge in [-0.25, -0.2) is 0 Å². The number of hydrogen-bond donors (Lipinski definition) is 1. The summed E-state index contributed by atoms with van der Waals surface area (Å²) in [6.45, 7) is 6.90. The highest BCUT2D eigenvalue weighted by Crippen LogP contribution is 2.62. The first kappa shape index (κ1) is 22.9. The number of methoxy groups -OCH3 is 3. The van der Waals surface area contributed by atoms with Gasteiger partial charge in [-0.2, -0.15) is 0 Å². The van der Waals surface area contributed by atoms with E-state index in [0.29, 0.717) is 34.3 Å². The molecule has 2 aromatic rings. The Morgan fingerprint density at radius 2 is 1.68 bits per heavy atom. The van der Waals surface area contributed by atoms with Gasteiger partial charge in [0.05, 0.1) is 21.3 Å². The second kappa shape index (κ2) is 8.72. The summed E-state index contributed by atoms with van der Waals surface area (Å²) >= 11 is 0. The van der Waals surface area contributed by atoms with Gasteiger partial charge in [0.15, 0.2) is 11.5 Å². The number of phenolic OH excluding ortho intramolecular Hbond substituents is 1. The smallest absolute Gasteiger partial charge is 0.203 e. The van der Waals surface area contributed by atoms with Crippen molar-refractivity contribution in [2.45, 2.75) is 51.4 Å². The van der Waals surface area contributed by atoms with E-state index in [4.69, 9.17) is 14.2 Å². The van der Waals surface area contributed by atoms with E-state index < -0.39 is 0 Å². The molecule has 4 atom stereocenters. The van der Waals surface area contributed by atoms with E-state index in [0.717, 1.165) is 29.4 Å². The molecule has 4 nitrogen and oxygen atoms in total. The second-order valence-corrected chi connectivity index (χ2v) is 10.4. The van der Waals surface area contributed by atoms with Crippen LogP contribution in [0.25, 0.3) is 12.2 Å². The van der Waals surface area contributed by atoms with E-state index in [-0.39, 0.29) is 0 Å². The van der Waals surface area contributed by atoms with Crippen LogP contribution in [0, 0.1) is 17.3 Å². The van der Waals surface area contributed by atoms with Gasteiger partial charge in [0.1, 0.15) is 5.75 Å². The van der Waals surface area contributed by atoms with Crippen LogP contribution in [0.15, 0.2) is 36.4 Å². The van der Waals surface area contributed by atoms with Crippen molar-refractivity contribution in [2.24, 2.45) is 17.3 Å². The standard InChI is InChI=1S/C30H36O4/c1-18-6-11-25-23-10-9-20-17-26(31)21(16-24(20)22(23)12-13-30(18,25)2)8-7-19-14-27(32-3)29(34-5)28(15-19)33-4/h7-8,14-17,22-23,25,31H,1,6,9-13H2,2-5H3/b8-7+/t22-,23+,25-,30+/m0/s1. The lowest BCUT2D eigenvalue weighted by molar-refractivity contribution is 0.0816. The van der Waals surface area contributed by atoms with Gasteiger partial charge in [0.25, 0.3) is 0 Å². The van der Waals surface area contributed by atoms with Crippen LogP contribution in [0.5, 0.6) is 23.0 Å². The first-order valence-electron chi connectivity index (χ1n) is 12.4. The Morgan fingerprint density at radius 3 is 2.35 bits per heavy atom. The number of rotatable bonds is 5. The summed E-state index contributed by atoms with van der Waals surface area (Å²) in [7, 11) is 4.83. The lowest BCUT2D eigenvalue weighted by Gasteiger charge is -2.49. The van der Waals surface area contributed by atoms with E-state index in [1.54, 1.807) is 21.3 Å². The van der Waals surface area contributed by atoms with Crippen LogP contribution in [-0.2, 0) is 6.42 Å². The zero-order valence-electron chi connectivity index (χ0n) is 20.8. The van der Waals surface area contributed by atoms with Crippen molar-refractivity contribution in [1.82, 2.24) is 0 Å². The molecule has 0 spiro atoms. The number of benzene rings is 2. The maximum absolute atomic E-state index is 10.8. The van der Waals surface area contributed by atoms with Gasteiger partial charge in [-0.15, -0.1) is 0 Å². The Bertz CT molecular complexity index is 1120. The molecule has 0 radical (unpaired) electrons. The first-order valence-corrected chi connectivity index (χ1v) is 12.4. The number of phenols is 1. The fourth-order valence-electron chi connectivity index (χ4n) is 7.05. The third-order valence-electron chi connectivity index (χ3n) is 8.97. The Kier molecular flexibility index (Phi) is 5.87. The molecular weight excluding hydrogens is 424 g/mol. The predicted molar refractivity (Wildman–Crippen MR) is 137 cm³/mol. The van der Waals surface area contributed by atoms with Crippen molar-refractivity contribution in [3.8, 4) is 23.0 Å². The van der Waals surface area contributed by atoms with E-state index >= 15 is 0 Å². The first-order chi connectivity index (χ1) is 16.4. The normalized spacial score (nSPS) is 27.8. The lowest BCUT2D eigenvalue weighted by Crippen LogP contribution is -2.40. The highest BCUT2D eigenvalue weighted by atomic mass is 16.5. The van der Waals surface area contributed by atoms with E-state index in [9.17, 15) is 5.11 Å². The number of aromatic hydroxyl groups is 1. The fourth-order valence-corrected chi connectivity index (χ4v) is 7.05. The molecular formula is C30H36O4. The highest BCUT2D eigenvalue weighted by molar-refractivity contribution is 5.75. The Balaban J connectivity index is 1.47. The third kappa shape index (κ3) is 3.59. The average Bonchev–Trinajstić information content (AvgIpc) is 3.16. The maximum atomic E-state index is 10.8. The molecule has 3 aliphatic rings. The molecule has 180 valence electrons. The van der Waals surface area contributed by atoms with Gasteiger partial charge in [-0.1, -0.05) is 31.2 Å². The molecule has 0 aliphatic heterocycles. The van der Waals surface area contributed by atoms with Crippen LogP contribution in [-0.4, -0.2) is 26.4 Å². The summed E-state index contributed by atoms with van der Waals surface area (Å²) in [4.78, 5) is 0. The quantitative estimate of drug-likeness (QED) is 0.385. The van der Waals surface area contributed by atoms with Crippen LogP contribution in [0.1, 0.15) is 67.2 Å². The van der Waals surface area contributed by atoms with Crippen molar-refractivity contribution in [3.63, 3.8) is 0 Å². The van der Waals surface area contributed by atoms with Gasteiger partial charge in [-0.05, 0) is 103 Å². The van der Waals surface area contributed by atoms with E-state index in [1.165, 1.54) is 48.8 Å².